The van der Waals surface area contributed by atoms with Crippen LogP contribution in [0.25, 0.3) is 28.5 Å². The van der Waals surface area contributed by atoms with E-state index in [-0.39, 0.29) is 5.82 Å². The van der Waals surface area contributed by atoms with E-state index < -0.39 is 0 Å². The van der Waals surface area contributed by atoms with Gasteiger partial charge in [-0.1, -0.05) is 30.3 Å². The molecule has 0 aliphatic rings. The Morgan fingerprint density at radius 1 is 0.821 bits per heavy atom. The molecular formula is C19H11FN6OS. The van der Waals surface area contributed by atoms with E-state index >= 15 is 0 Å². The smallest absolute Gasteiger partial charge is 0.283 e. The molecule has 2 aromatic carbocycles. The molecule has 0 N–H and O–H groups in total. The molecule has 0 radical (unpaired) electrons. The van der Waals surface area contributed by atoms with E-state index in [0.29, 0.717) is 33.2 Å². The standard InChI is InChI=1S/C19H11FN6OS/c20-14-9-5-4-8-13(14)17-22-21-15-10-11-16(25-26(15)17)28-19-24-23-18(27-19)12-6-2-1-3-7-12/h1-11H. The third-order valence-electron chi connectivity index (χ3n) is 3.97. The Morgan fingerprint density at radius 2 is 1.64 bits per heavy atom. The van der Waals surface area contributed by atoms with Gasteiger partial charge in [0, 0.05) is 5.56 Å². The van der Waals surface area contributed by atoms with Gasteiger partial charge in [-0.05, 0) is 48.2 Å². The van der Waals surface area contributed by atoms with Gasteiger partial charge in [0.15, 0.2) is 11.5 Å². The minimum atomic E-state index is -0.388. The fraction of sp³-hybridized carbons (Fsp3) is 0. The number of fused-ring (bicyclic) bond motifs is 1. The van der Waals surface area contributed by atoms with Crippen molar-refractivity contribution >= 4 is 17.4 Å². The van der Waals surface area contributed by atoms with Crippen LogP contribution in [0.4, 0.5) is 4.39 Å². The van der Waals surface area contributed by atoms with Crippen LogP contribution in [-0.2, 0) is 0 Å². The zero-order valence-electron chi connectivity index (χ0n) is 14.2. The highest BCUT2D eigenvalue weighted by Gasteiger charge is 2.15. The molecule has 0 saturated heterocycles. The predicted octanol–water partition coefficient (Wildman–Crippen LogP) is 4.13. The van der Waals surface area contributed by atoms with E-state index in [9.17, 15) is 4.39 Å². The summed E-state index contributed by atoms with van der Waals surface area (Å²) in [4.78, 5) is 0. The first kappa shape index (κ1) is 16.6. The molecule has 5 rings (SSSR count). The van der Waals surface area contributed by atoms with Gasteiger partial charge in [0.2, 0.25) is 5.89 Å². The summed E-state index contributed by atoms with van der Waals surface area (Å²) in [6, 6.07) is 19.4. The molecule has 3 heterocycles. The van der Waals surface area contributed by atoms with Crippen LogP contribution in [0, 0.1) is 5.82 Å². The molecule has 3 aromatic heterocycles. The molecule has 0 amide bonds. The molecule has 0 aliphatic carbocycles. The number of hydrogen-bond acceptors (Lipinski definition) is 7. The highest BCUT2D eigenvalue weighted by molar-refractivity contribution is 7.99. The number of halogens is 1. The summed E-state index contributed by atoms with van der Waals surface area (Å²) < 4.78 is 21.3. The molecule has 0 aliphatic heterocycles. The van der Waals surface area contributed by atoms with E-state index in [2.05, 4.69) is 25.5 Å². The van der Waals surface area contributed by atoms with Crippen LogP contribution < -0.4 is 0 Å². The Hall–Kier alpha value is -3.59. The van der Waals surface area contributed by atoms with Crippen LogP contribution >= 0.6 is 11.8 Å². The van der Waals surface area contributed by atoms with Crippen LogP contribution in [0.1, 0.15) is 0 Å². The van der Waals surface area contributed by atoms with E-state index in [0.717, 1.165) is 5.56 Å². The van der Waals surface area contributed by atoms with Crippen molar-refractivity contribution in [3.8, 4) is 22.8 Å². The average Bonchev–Trinajstić information content (AvgIpc) is 3.36. The summed E-state index contributed by atoms with van der Waals surface area (Å²) in [6.45, 7) is 0. The Morgan fingerprint density at radius 3 is 2.50 bits per heavy atom. The molecule has 136 valence electrons. The van der Waals surface area contributed by atoms with Gasteiger partial charge < -0.3 is 4.42 Å². The summed E-state index contributed by atoms with van der Waals surface area (Å²) in [5, 5.41) is 21.7. The monoisotopic (exact) mass is 390 g/mol. The zero-order chi connectivity index (χ0) is 18.9. The SMILES string of the molecule is Fc1ccccc1-c1nnc2ccc(Sc3nnc(-c4ccccc4)o3)nn12. The highest BCUT2D eigenvalue weighted by Crippen LogP contribution is 2.29. The van der Waals surface area contributed by atoms with Crippen molar-refractivity contribution < 1.29 is 8.81 Å². The number of rotatable bonds is 4. The largest absolute Gasteiger partial charge is 0.411 e. The molecule has 5 aromatic rings. The van der Waals surface area contributed by atoms with Gasteiger partial charge >= 0.3 is 0 Å². The Kier molecular flexibility index (Phi) is 4.06. The highest BCUT2D eigenvalue weighted by atomic mass is 32.2. The molecule has 28 heavy (non-hydrogen) atoms. The van der Waals surface area contributed by atoms with Crippen LogP contribution in [-0.4, -0.2) is 30.0 Å². The zero-order valence-corrected chi connectivity index (χ0v) is 15.0. The first-order chi connectivity index (χ1) is 13.8. The Balaban J connectivity index is 1.48. The fourth-order valence-corrected chi connectivity index (χ4v) is 3.31. The molecular weight excluding hydrogens is 379 g/mol. The molecule has 0 bridgehead atoms. The topological polar surface area (TPSA) is 82.0 Å². The van der Waals surface area contributed by atoms with Gasteiger partial charge in [0.05, 0.1) is 5.56 Å². The lowest BCUT2D eigenvalue weighted by molar-refractivity contribution is 0.465. The number of hydrogen-bond donors (Lipinski definition) is 0. The average molecular weight is 390 g/mol. The molecule has 7 nitrogen and oxygen atoms in total. The van der Waals surface area contributed by atoms with Gasteiger partial charge in [0.25, 0.3) is 5.22 Å². The van der Waals surface area contributed by atoms with Crippen molar-refractivity contribution in [1.29, 1.82) is 0 Å². The molecule has 0 spiro atoms. The maximum absolute atomic E-state index is 14.1. The summed E-state index contributed by atoms with van der Waals surface area (Å²) in [7, 11) is 0. The Bertz CT molecular complexity index is 1270. The van der Waals surface area contributed by atoms with Gasteiger partial charge in [-0.25, -0.2) is 4.39 Å². The molecule has 0 unspecified atom stereocenters. The van der Waals surface area contributed by atoms with E-state index in [1.54, 1.807) is 30.3 Å². The minimum Gasteiger partial charge on any atom is -0.411 e. The Labute approximate surface area is 162 Å². The van der Waals surface area contributed by atoms with Crippen molar-refractivity contribution in [2.24, 2.45) is 0 Å². The molecule has 0 fully saturated rings. The van der Waals surface area contributed by atoms with Crippen LogP contribution in [0.2, 0.25) is 0 Å². The molecule has 0 atom stereocenters. The molecule has 9 heteroatoms. The first-order valence-corrected chi connectivity index (χ1v) is 9.14. The first-order valence-electron chi connectivity index (χ1n) is 8.32. The summed E-state index contributed by atoms with van der Waals surface area (Å²) >= 11 is 1.21. The fourth-order valence-electron chi connectivity index (χ4n) is 2.67. The second-order valence-electron chi connectivity index (χ2n) is 5.79. The van der Waals surface area contributed by atoms with Gasteiger partial charge in [-0.2, -0.15) is 9.61 Å². The van der Waals surface area contributed by atoms with Crippen molar-refractivity contribution in [2.75, 3.05) is 0 Å². The van der Waals surface area contributed by atoms with Crippen LogP contribution in [0.15, 0.2) is 81.4 Å². The third-order valence-corrected chi connectivity index (χ3v) is 4.74. The van der Waals surface area contributed by atoms with E-state index in [1.165, 1.54) is 22.3 Å². The van der Waals surface area contributed by atoms with Crippen LogP contribution in [0.5, 0.6) is 0 Å². The van der Waals surface area contributed by atoms with Crippen molar-refractivity contribution in [2.45, 2.75) is 10.2 Å². The van der Waals surface area contributed by atoms with Crippen molar-refractivity contribution in [3.63, 3.8) is 0 Å². The van der Waals surface area contributed by atoms with Gasteiger partial charge in [-0.3, -0.25) is 0 Å². The van der Waals surface area contributed by atoms with Gasteiger partial charge in [0.1, 0.15) is 10.8 Å². The van der Waals surface area contributed by atoms with Crippen LogP contribution in [0.3, 0.4) is 0 Å². The molecule has 0 saturated carbocycles. The number of benzene rings is 2. The lowest BCUT2D eigenvalue weighted by Gasteiger charge is -2.02. The number of nitrogens with zero attached hydrogens (tertiary/aromatic N) is 6. The lowest BCUT2D eigenvalue weighted by atomic mass is 10.2. The second-order valence-corrected chi connectivity index (χ2v) is 6.76. The van der Waals surface area contributed by atoms with E-state index in [1.807, 2.05) is 30.3 Å². The normalized spacial score (nSPS) is 11.2. The maximum atomic E-state index is 14.1. The van der Waals surface area contributed by atoms with E-state index in [4.69, 9.17) is 4.42 Å². The quantitative estimate of drug-likeness (QED) is 0.456. The maximum Gasteiger partial charge on any atom is 0.283 e. The predicted molar refractivity (Wildman–Crippen MR) is 100 cm³/mol. The number of aromatic nitrogens is 6. The summed E-state index contributed by atoms with van der Waals surface area (Å²) in [6.07, 6.45) is 0. The van der Waals surface area contributed by atoms with Crippen molar-refractivity contribution in [1.82, 2.24) is 30.0 Å². The third kappa shape index (κ3) is 3.01. The van der Waals surface area contributed by atoms with Crippen molar-refractivity contribution in [3.05, 3.63) is 72.5 Å². The second kappa shape index (κ2) is 6.86. The van der Waals surface area contributed by atoms with Gasteiger partial charge in [-0.15, -0.1) is 20.4 Å². The minimum absolute atomic E-state index is 0.325. The summed E-state index contributed by atoms with van der Waals surface area (Å²) in [5.74, 6) is 0.368. The lowest BCUT2D eigenvalue weighted by Crippen LogP contribution is -1.97. The summed E-state index contributed by atoms with van der Waals surface area (Å²) in [5.41, 5.74) is 1.68.